The van der Waals surface area contributed by atoms with Gasteiger partial charge in [-0.15, -0.1) is 0 Å². The van der Waals surface area contributed by atoms with Crippen LogP contribution in [0, 0.1) is 10.1 Å². The molecule has 132 valence electrons. The van der Waals surface area contributed by atoms with Crippen LogP contribution in [0.4, 0.5) is 5.69 Å². The lowest BCUT2D eigenvalue weighted by atomic mass is 10.2. The number of hydrogen-bond acceptors (Lipinski definition) is 6. The molecule has 25 heavy (non-hydrogen) atoms. The molecule has 1 aliphatic heterocycles. The molecule has 0 spiro atoms. The molecular formula is C16H16N2O6S. The van der Waals surface area contributed by atoms with E-state index in [1.807, 2.05) is 12.1 Å². The Labute approximate surface area is 144 Å². The molecule has 8 nitrogen and oxygen atoms in total. The molecule has 1 unspecified atom stereocenters. The van der Waals surface area contributed by atoms with Gasteiger partial charge in [0.2, 0.25) is 10.0 Å². The van der Waals surface area contributed by atoms with Crippen molar-refractivity contribution in [2.75, 3.05) is 20.2 Å². The predicted octanol–water partition coefficient (Wildman–Crippen LogP) is 2.06. The van der Waals surface area contributed by atoms with E-state index in [9.17, 15) is 18.5 Å². The SMILES string of the molecule is CN(CC1COc2ccccc2O1)S(=O)(=O)c1ccc([N+](=O)[O-])cc1. The van der Waals surface area contributed by atoms with Crippen molar-refractivity contribution in [3.63, 3.8) is 0 Å². The van der Waals surface area contributed by atoms with E-state index in [0.29, 0.717) is 11.5 Å². The first-order valence-corrected chi connectivity index (χ1v) is 8.91. The van der Waals surface area contributed by atoms with E-state index < -0.39 is 21.1 Å². The summed E-state index contributed by atoms with van der Waals surface area (Å²) < 4.78 is 37.7. The van der Waals surface area contributed by atoms with Gasteiger partial charge in [-0.25, -0.2) is 8.42 Å². The van der Waals surface area contributed by atoms with Crippen molar-refractivity contribution in [3.8, 4) is 11.5 Å². The first-order chi connectivity index (χ1) is 11.9. The number of rotatable bonds is 5. The van der Waals surface area contributed by atoms with Crippen molar-refractivity contribution in [2.24, 2.45) is 0 Å². The minimum absolute atomic E-state index is 0.0160. The topological polar surface area (TPSA) is 99.0 Å². The van der Waals surface area contributed by atoms with Crippen LogP contribution in [0.1, 0.15) is 0 Å². The smallest absolute Gasteiger partial charge is 0.269 e. The maximum absolute atomic E-state index is 12.6. The third-order valence-electron chi connectivity index (χ3n) is 3.78. The molecule has 0 radical (unpaired) electrons. The molecule has 0 bridgehead atoms. The Balaban J connectivity index is 1.72. The molecular weight excluding hydrogens is 348 g/mol. The lowest BCUT2D eigenvalue weighted by Crippen LogP contribution is -2.41. The van der Waals surface area contributed by atoms with E-state index in [2.05, 4.69) is 0 Å². The predicted molar refractivity (Wildman–Crippen MR) is 89.3 cm³/mol. The second-order valence-corrected chi connectivity index (χ2v) is 7.58. The number of non-ortho nitro benzene ring substituents is 1. The van der Waals surface area contributed by atoms with Crippen LogP contribution in [0.5, 0.6) is 11.5 Å². The third kappa shape index (κ3) is 3.57. The average Bonchev–Trinajstić information content (AvgIpc) is 2.61. The molecule has 2 aromatic rings. The number of benzene rings is 2. The highest BCUT2D eigenvalue weighted by atomic mass is 32.2. The van der Waals surface area contributed by atoms with Gasteiger partial charge in [-0.2, -0.15) is 4.31 Å². The molecule has 1 aliphatic rings. The van der Waals surface area contributed by atoms with Crippen molar-refractivity contribution in [3.05, 3.63) is 58.6 Å². The van der Waals surface area contributed by atoms with Crippen molar-refractivity contribution < 1.29 is 22.8 Å². The number of nitrogens with zero attached hydrogens (tertiary/aromatic N) is 2. The van der Waals surface area contributed by atoms with Crippen LogP contribution in [0.2, 0.25) is 0 Å². The van der Waals surface area contributed by atoms with E-state index in [0.717, 1.165) is 16.4 Å². The minimum Gasteiger partial charge on any atom is -0.486 e. The number of fused-ring (bicyclic) bond motifs is 1. The standard InChI is InChI=1S/C16H16N2O6S/c1-17(10-13-11-23-15-4-2-3-5-16(15)24-13)25(21,22)14-8-6-12(7-9-14)18(19)20/h2-9,13H,10-11H2,1H3. The van der Waals surface area contributed by atoms with Crippen LogP contribution in [0.3, 0.4) is 0 Å². The number of sulfonamides is 1. The number of ether oxygens (including phenoxy) is 2. The van der Waals surface area contributed by atoms with Crippen LogP contribution in [0.25, 0.3) is 0 Å². The highest BCUT2D eigenvalue weighted by molar-refractivity contribution is 7.89. The van der Waals surface area contributed by atoms with Gasteiger partial charge in [0, 0.05) is 19.2 Å². The van der Waals surface area contributed by atoms with E-state index in [1.54, 1.807) is 12.1 Å². The van der Waals surface area contributed by atoms with E-state index in [-0.39, 0.29) is 23.7 Å². The van der Waals surface area contributed by atoms with Gasteiger partial charge in [0.25, 0.3) is 5.69 Å². The van der Waals surface area contributed by atoms with Gasteiger partial charge >= 0.3 is 0 Å². The Hall–Kier alpha value is -2.65. The average molecular weight is 364 g/mol. The lowest BCUT2D eigenvalue weighted by Gasteiger charge is -2.29. The molecule has 0 aromatic heterocycles. The van der Waals surface area contributed by atoms with E-state index >= 15 is 0 Å². The van der Waals surface area contributed by atoms with Crippen molar-refractivity contribution >= 4 is 15.7 Å². The number of nitro benzene ring substituents is 1. The highest BCUT2D eigenvalue weighted by Gasteiger charge is 2.28. The Morgan fingerprint density at radius 3 is 2.44 bits per heavy atom. The maximum Gasteiger partial charge on any atom is 0.269 e. The molecule has 0 amide bonds. The summed E-state index contributed by atoms with van der Waals surface area (Å²) in [4.78, 5) is 10.1. The molecule has 0 aliphatic carbocycles. The monoisotopic (exact) mass is 364 g/mol. The van der Waals surface area contributed by atoms with Crippen molar-refractivity contribution in [1.29, 1.82) is 0 Å². The molecule has 0 saturated carbocycles. The molecule has 1 atom stereocenters. The van der Waals surface area contributed by atoms with Gasteiger partial charge in [0.05, 0.1) is 16.4 Å². The van der Waals surface area contributed by atoms with Crippen LogP contribution in [0.15, 0.2) is 53.4 Å². The molecule has 1 heterocycles. The summed E-state index contributed by atoms with van der Waals surface area (Å²) in [6.07, 6.45) is -0.451. The van der Waals surface area contributed by atoms with Gasteiger partial charge in [0.1, 0.15) is 12.7 Å². The van der Waals surface area contributed by atoms with Crippen LogP contribution in [-0.4, -0.2) is 43.9 Å². The second kappa shape index (κ2) is 6.69. The number of likely N-dealkylation sites (N-methyl/N-ethyl adjacent to an activating group) is 1. The highest BCUT2D eigenvalue weighted by Crippen LogP contribution is 2.31. The zero-order valence-corrected chi connectivity index (χ0v) is 14.2. The fraction of sp³-hybridized carbons (Fsp3) is 0.250. The third-order valence-corrected chi connectivity index (χ3v) is 5.62. The maximum atomic E-state index is 12.6. The van der Waals surface area contributed by atoms with Gasteiger partial charge in [-0.05, 0) is 24.3 Å². The fourth-order valence-corrected chi connectivity index (χ4v) is 3.66. The van der Waals surface area contributed by atoms with Gasteiger partial charge in [-0.3, -0.25) is 10.1 Å². The quantitative estimate of drug-likeness (QED) is 0.595. The fourth-order valence-electron chi connectivity index (χ4n) is 2.46. The summed E-state index contributed by atoms with van der Waals surface area (Å²) >= 11 is 0. The zero-order chi connectivity index (χ0) is 18.0. The summed E-state index contributed by atoms with van der Waals surface area (Å²) in [5.41, 5.74) is -0.165. The Morgan fingerprint density at radius 1 is 1.16 bits per heavy atom. The molecule has 9 heteroatoms. The Morgan fingerprint density at radius 2 is 1.80 bits per heavy atom. The first-order valence-electron chi connectivity index (χ1n) is 7.47. The summed E-state index contributed by atoms with van der Waals surface area (Å²) in [7, 11) is -2.35. The second-order valence-electron chi connectivity index (χ2n) is 5.53. The number of para-hydroxylation sites is 2. The normalized spacial score (nSPS) is 16.6. The van der Waals surface area contributed by atoms with Crippen LogP contribution < -0.4 is 9.47 Å². The number of nitro groups is 1. The minimum atomic E-state index is -3.78. The number of hydrogen-bond donors (Lipinski definition) is 0. The molecule has 0 fully saturated rings. The summed E-state index contributed by atoms with van der Waals surface area (Å²) in [5, 5.41) is 10.7. The van der Waals surface area contributed by atoms with Crippen molar-refractivity contribution in [1.82, 2.24) is 4.31 Å². The van der Waals surface area contributed by atoms with E-state index in [1.165, 1.54) is 19.2 Å². The van der Waals surface area contributed by atoms with E-state index in [4.69, 9.17) is 9.47 Å². The molecule has 0 saturated heterocycles. The molecule has 2 aromatic carbocycles. The summed E-state index contributed by atoms with van der Waals surface area (Å²) in [6.45, 7) is 0.324. The van der Waals surface area contributed by atoms with Gasteiger partial charge in [-0.1, -0.05) is 12.1 Å². The summed E-state index contributed by atoms with van der Waals surface area (Å²) in [6, 6.07) is 11.9. The first kappa shape index (κ1) is 17.2. The lowest BCUT2D eigenvalue weighted by molar-refractivity contribution is -0.384. The van der Waals surface area contributed by atoms with Crippen molar-refractivity contribution in [2.45, 2.75) is 11.0 Å². The summed E-state index contributed by atoms with van der Waals surface area (Å²) in [5.74, 6) is 1.19. The Bertz CT molecular complexity index is 882. The van der Waals surface area contributed by atoms with Gasteiger partial charge < -0.3 is 9.47 Å². The zero-order valence-electron chi connectivity index (χ0n) is 13.4. The van der Waals surface area contributed by atoms with Crippen LogP contribution in [-0.2, 0) is 10.0 Å². The Kier molecular flexibility index (Phi) is 4.60. The molecule has 0 N–H and O–H groups in total. The molecule has 3 rings (SSSR count). The van der Waals surface area contributed by atoms with Crippen LogP contribution >= 0.6 is 0 Å². The van der Waals surface area contributed by atoms with Gasteiger partial charge in [0.15, 0.2) is 11.5 Å². The largest absolute Gasteiger partial charge is 0.486 e.